The van der Waals surface area contributed by atoms with Crippen LogP contribution in [-0.4, -0.2) is 23.7 Å². The van der Waals surface area contributed by atoms with Crippen LogP contribution in [0.1, 0.15) is 22.2 Å². The van der Waals surface area contributed by atoms with E-state index in [1.807, 2.05) is 19.2 Å². The lowest BCUT2D eigenvalue weighted by atomic mass is 10.2. The van der Waals surface area contributed by atoms with E-state index in [4.69, 9.17) is 16.9 Å². The Balaban J connectivity index is 1.95. The zero-order valence-corrected chi connectivity index (χ0v) is 14.3. The van der Waals surface area contributed by atoms with E-state index in [0.29, 0.717) is 15.7 Å². The Bertz CT molecular complexity index is 779. The summed E-state index contributed by atoms with van der Waals surface area (Å²) in [5, 5.41) is 15.1. The Labute approximate surface area is 143 Å². The minimum absolute atomic E-state index is 0.0610. The first kappa shape index (κ1) is 17.1. The molecule has 118 valence electrons. The second-order valence-electron chi connectivity index (χ2n) is 4.88. The number of halogens is 1. The quantitative estimate of drug-likeness (QED) is 0.838. The van der Waals surface area contributed by atoms with Gasteiger partial charge in [-0.05, 0) is 31.5 Å². The second-order valence-corrected chi connectivity index (χ2v) is 6.18. The summed E-state index contributed by atoms with van der Waals surface area (Å²) in [5.74, 6) is -0.798. The molecular formula is C16H15ClN4OS. The first-order valence-corrected chi connectivity index (χ1v) is 8.13. The van der Waals surface area contributed by atoms with Gasteiger partial charge in [-0.15, -0.1) is 11.3 Å². The summed E-state index contributed by atoms with van der Waals surface area (Å²) < 4.78 is 0. The van der Waals surface area contributed by atoms with Gasteiger partial charge in [0.1, 0.15) is 17.5 Å². The number of hydrogen-bond acceptors (Lipinski definition) is 5. The van der Waals surface area contributed by atoms with Gasteiger partial charge in [0.05, 0.1) is 6.07 Å². The molecule has 0 aliphatic heterocycles. The lowest BCUT2D eigenvalue weighted by Crippen LogP contribution is -2.16. The third-order valence-corrected chi connectivity index (χ3v) is 4.53. The van der Waals surface area contributed by atoms with Crippen molar-refractivity contribution in [3.63, 3.8) is 0 Å². The van der Waals surface area contributed by atoms with Gasteiger partial charge in [0.15, 0.2) is 0 Å². The summed E-state index contributed by atoms with van der Waals surface area (Å²) in [6, 6.07) is 7.43. The average Bonchev–Trinajstić information content (AvgIpc) is 2.95. The summed E-state index contributed by atoms with van der Waals surface area (Å²) in [7, 11) is 0. The number of nitrogens with one attached hydrogen (secondary N) is 1. The molecule has 0 radical (unpaired) electrons. The largest absolute Gasteiger partial charge is 0.324 e. The van der Waals surface area contributed by atoms with Crippen LogP contribution in [0.15, 0.2) is 28.6 Å². The van der Waals surface area contributed by atoms with Crippen molar-refractivity contribution >= 4 is 40.7 Å². The van der Waals surface area contributed by atoms with E-state index in [-0.39, 0.29) is 12.5 Å². The summed E-state index contributed by atoms with van der Waals surface area (Å²) in [6.07, 6.45) is 1.46. The SMILES string of the molecule is Cc1csc([C@H](C#N)C=NCC(=O)Nc2cccc(Cl)c2C)n1. The third kappa shape index (κ3) is 4.62. The van der Waals surface area contributed by atoms with Crippen LogP contribution in [0, 0.1) is 25.2 Å². The average molecular weight is 347 g/mol. The van der Waals surface area contributed by atoms with E-state index in [1.54, 1.807) is 18.2 Å². The minimum atomic E-state index is -0.533. The number of rotatable bonds is 5. The van der Waals surface area contributed by atoms with Gasteiger partial charge in [-0.3, -0.25) is 9.79 Å². The number of amides is 1. The van der Waals surface area contributed by atoms with Crippen molar-refractivity contribution in [1.82, 2.24) is 4.98 Å². The molecule has 1 aromatic carbocycles. The Hall–Kier alpha value is -2.23. The molecule has 0 aliphatic rings. The number of nitriles is 1. The van der Waals surface area contributed by atoms with E-state index < -0.39 is 5.92 Å². The van der Waals surface area contributed by atoms with Gasteiger partial charge in [-0.1, -0.05) is 17.7 Å². The molecule has 0 aliphatic carbocycles. The van der Waals surface area contributed by atoms with E-state index >= 15 is 0 Å². The number of aromatic nitrogens is 1. The first-order chi connectivity index (χ1) is 11.0. The van der Waals surface area contributed by atoms with Gasteiger partial charge in [0.25, 0.3) is 0 Å². The molecule has 1 aromatic heterocycles. The highest BCUT2D eigenvalue weighted by Gasteiger charge is 2.12. The molecule has 0 saturated heterocycles. The lowest BCUT2D eigenvalue weighted by Gasteiger charge is -2.08. The topological polar surface area (TPSA) is 78.1 Å². The number of nitrogens with zero attached hydrogens (tertiary/aromatic N) is 3. The summed E-state index contributed by atoms with van der Waals surface area (Å²) in [6.45, 7) is 3.64. The molecule has 23 heavy (non-hydrogen) atoms. The van der Waals surface area contributed by atoms with Gasteiger partial charge in [-0.25, -0.2) is 4.98 Å². The number of hydrogen-bond donors (Lipinski definition) is 1. The highest BCUT2D eigenvalue weighted by molar-refractivity contribution is 7.09. The molecule has 2 aromatic rings. The molecule has 0 unspecified atom stereocenters. The molecule has 0 bridgehead atoms. The van der Waals surface area contributed by atoms with Crippen molar-refractivity contribution in [3.05, 3.63) is 44.9 Å². The van der Waals surface area contributed by atoms with Crippen molar-refractivity contribution < 1.29 is 4.79 Å². The van der Waals surface area contributed by atoms with Crippen LogP contribution in [0.3, 0.4) is 0 Å². The van der Waals surface area contributed by atoms with Crippen molar-refractivity contribution in [2.45, 2.75) is 19.8 Å². The maximum Gasteiger partial charge on any atom is 0.246 e. The molecule has 1 atom stereocenters. The van der Waals surface area contributed by atoms with Crippen molar-refractivity contribution in [1.29, 1.82) is 5.26 Å². The Morgan fingerprint density at radius 3 is 3.00 bits per heavy atom. The highest BCUT2D eigenvalue weighted by Crippen LogP contribution is 2.22. The van der Waals surface area contributed by atoms with Crippen LogP contribution in [0.4, 0.5) is 5.69 Å². The maximum absolute atomic E-state index is 11.9. The fourth-order valence-electron chi connectivity index (χ4n) is 1.84. The maximum atomic E-state index is 11.9. The van der Waals surface area contributed by atoms with E-state index in [9.17, 15) is 4.79 Å². The molecule has 0 spiro atoms. The van der Waals surface area contributed by atoms with Gasteiger partial charge >= 0.3 is 0 Å². The van der Waals surface area contributed by atoms with Crippen molar-refractivity contribution in [2.75, 3.05) is 11.9 Å². The van der Waals surface area contributed by atoms with Crippen LogP contribution in [0.5, 0.6) is 0 Å². The third-order valence-electron chi connectivity index (χ3n) is 3.07. The second kappa shape index (κ2) is 7.86. The molecule has 1 N–H and O–H groups in total. The van der Waals surface area contributed by atoms with E-state index in [2.05, 4.69) is 21.4 Å². The van der Waals surface area contributed by atoms with Gasteiger partial charge in [-0.2, -0.15) is 5.26 Å². The summed E-state index contributed by atoms with van der Waals surface area (Å²) in [5.41, 5.74) is 2.33. The standard InChI is InChI=1S/C16H15ClN4OS/c1-10-9-23-16(20-10)12(6-18)7-19-8-15(22)21-14-5-3-4-13(17)11(14)2/h3-5,7,9,12H,8H2,1-2H3,(H,21,22)/t12-/m1/s1. The predicted molar refractivity (Wildman–Crippen MR) is 93.4 cm³/mol. The van der Waals surface area contributed by atoms with Crippen molar-refractivity contribution in [3.8, 4) is 6.07 Å². The minimum Gasteiger partial charge on any atom is -0.324 e. The summed E-state index contributed by atoms with van der Waals surface area (Å²) >= 11 is 7.42. The molecular weight excluding hydrogens is 332 g/mol. The van der Waals surface area contributed by atoms with Crippen LogP contribution < -0.4 is 5.32 Å². The number of aryl methyl sites for hydroxylation is 1. The smallest absolute Gasteiger partial charge is 0.246 e. The first-order valence-electron chi connectivity index (χ1n) is 6.88. The lowest BCUT2D eigenvalue weighted by molar-refractivity contribution is -0.114. The van der Waals surface area contributed by atoms with Crippen LogP contribution in [0.2, 0.25) is 5.02 Å². The van der Waals surface area contributed by atoms with E-state index in [1.165, 1.54) is 17.6 Å². The zero-order chi connectivity index (χ0) is 16.8. The van der Waals surface area contributed by atoms with Gasteiger partial charge in [0.2, 0.25) is 5.91 Å². The number of carbonyl (C=O) groups is 1. The predicted octanol–water partition coefficient (Wildman–Crippen LogP) is 3.73. The Kier molecular flexibility index (Phi) is 5.85. The Morgan fingerprint density at radius 2 is 2.35 bits per heavy atom. The monoisotopic (exact) mass is 346 g/mol. The molecule has 1 heterocycles. The fraction of sp³-hybridized carbons (Fsp3) is 0.250. The van der Waals surface area contributed by atoms with Crippen molar-refractivity contribution in [2.24, 2.45) is 4.99 Å². The molecule has 2 rings (SSSR count). The molecule has 1 amide bonds. The zero-order valence-electron chi connectivity index (χ0n) is 12.7. The molecule has 5 nitrogen and oxygen atoms in total. The molecule has 0 fully saturated rings. The number of aliphatic imine (C=N–C) groups is 1. The van der Waals surface area contributed by atoms with Crippen LogP contribution in [0.25, 0.3) is 0 Å². The Morgan fingerprint density at radius 1 is 1.57 bits per heavy atom. The fourth-order valence-corrected chi connectivity index (χ4v) is 2.82. The van der Waals surface area contributed by atoms with Crippen LogP contribution >= 0.6 is 22.9 Å². The number of anilines is 1. The normalized spacial score (nSPS) is 12.1. The van der Waals surface area contributed by atoms with E-state index in [0.717, 1.165) is 11.3 Å². The molecule has 7 heteroatoms. The number of benzene rings is 1. The molecule has 0 saturated carbocycles. The van der Waals surface area contributed by atoms with Gasteiger partial charge < -0.3 is 5.32 Å². The highest BCUT2D eigenvalue weighted by atomic mass is 35.5. The summed E-state index contributed by atoms with van der Waals surface area (Å²) in [4.78, 5) is 20.2. The van der Waals surface area contributed by atoms with Crippen LogP contribution in [-0.2, 0) is 4.79 Å². The number of thiazole rings is 1. The number of carbonyl (C=O) groups excluding carboxylic acids is 1. The van der Waals surface area contributed by atoms with Gasteiger partial charge in [0, 0.05) is 28.0 Å².